The second-order valence-electron chi connectivity index (χ2n) is 7.32. The zero-order valence-electron chi connectivity index (χ0n) is 17.7. The Kier molecular flexibility index (Phi) is 12.8. The molecule has 0 bridgehead atoms. The maximum atomic E-state index is 10.4. The van der Waals surface area contributed by atoms with Crippen LogP contribution in [0.4, 0.5) is 0 Å². The van der Waals surface area contributed by atoms with Gasteiger partial charge >= 0.3 is 5.97 Å². The molecule has 0 heterocycles. The number of hydrogen-bond donors (Lipinski definition) is 4. The number of aliphatic hydroxyl groups is 2. The van der Waals surface area contributed by atoms with Crippen molar-refractivity contribution >= 4 is 16.1 Å². The van der Waals surface area contributed by atoms with E-state index in [1.807, 2.05) is 27.7 Å². The highest BCUT2D eigenvalue weighted by Gasteiger charge is 2.17. The predicted molar refractivity (Wildman–Crippen MR) is 116 cm³/mol. The largest absolute Gasteiger partial charge is 0.478 e. The number of carboxylic acids is 1. The van der Waals surface area contributed by atoms with Crippen LogP contribution in [0.5, 0.6) is 0 Å². The van der Waals surface area contributed by atoms with Gasteiger partial charge in [0.2, 0.25) is 0 Å². The van der Waals surface area contributed by atoms with Crippen LogP contribution in [0.3, 0.4) is 0 Å². The van der Waals surface area contributed by atoms with Crippen molar-refractivity contribution in [1.29, 1.82) is 0 Å². The molecule has 30 heavy (non-hydrogen) atoms. The van der Waals surface area contributed by atoms with Gasteiger partial charge in [-0.25, -0.2) is 4.79 Å². The van der Waals surface area contributed by atoms with Gasteiger partial charge in [-0.05, 0) is 42.5 Å². The number of hydrogen-bond acceptors (Lipinski definition) is 5. The van der Waals surface area contributed by atoms with Crippen LogP contribution in [0.1, 0.15) is 44.5 Å². The quantitative estimate of drug-likeness (QED) is 0.503. The lowest BCUT2D eigenvalue weighted by Crippen LogP contribution is -2.25. The van der Waals surface area contributed by atoms with Gasteiger partial charge in [-0.1, -0.05) is 64.1 Å². The first kappa shape index (κ1) is 27.7. The highest BCUT2D eigenvalue weighted by Crippen LogP contribution is 2.13. The van der Waals surface area contributed by atoms with Crippen molar-refractivity contribution in [2.24, 2.45) is 11.8 Å². The van der Waals surface area contributed by atoms with Crippen molar-refractivity contribution in [2.45, 2.75) is 51.2 Å². The molecule has 2 rings (SSSR count). The van der Waals surface area contributed by atoms with Crippen LogP contribution < -0.4 is 0 Å². The summed E-state index contributed by atoms with van der Waals surface area (Å²) < 4.78 is 29.2. The van der Waals surface area contributed by atoms with Gasteiger partial charge in [0.25, 0.3) is 10.1 Å². The molecule has 0 aliphatic rings. The second-order valence-corrected chi connectivity index (χ2v) is 8.74. The molecule has 0 fully saturated rings. The molecule has 0 radical (unpaired) electrons. The van der Waals surface area contributed by atoms with E-state index in [0.29, 0.717) is 12.0 Å². The third-order valence-corrected chi connectivity index (χ3v) is 4.95. The van der Waals surface area contributed by atoms with Crippen LogP contribution >= 0.6 is 0 Å². The highest BCUT2D eigenvalue weighted by atomic mass is 32.2. The van der Waals surface area contributed by atoms with Crippen molar-refractivity contribution in [3.63, 3.8) is 0 Å². The molecule has 4 N–H and O–H groups in total. The first-order valence-corrected chi connectivity index (χ1v) is 11.0. The number of aliphatic hydroxyl groups excluding tert-OH is 2. The van der Waals surface area contributed by atoms with Gasteiger partial charge in [0.05, 0.1) is 22.7 Å². The average molecular weight is 441 g/mol. The van der Waals surface area contributed by atoms with E-state index < -0.39 is 16.1 Å². The van der Waals surface area contributed by atoms with Crippen LogP contribution in [0, 0.1) is 11.8 Å². The molecule has 2 atom stereocenters. The van der Waals surface area contributed by atoms with E-state index in [1.54, 1.807) is 48.5 Å². The fourth-order valence-electron chi connectivity index (χ4n) is 1.96. The summed E-state index contributed by atoms with van der Waals surface area (Å²) >= 11 is 0. The first-order chi connectivity index (χ1) is 13.9. The third kappa shape index (κ3) is 12.3. The molecule has 0 amide bonds. The van der Waals surface area contributed by atoms with E-state index >= 15 is 0 Å². The Labute approximate surface area is 178 Å². The molecule has 2 aromatic carbocycles. The standard InChI is InChI=1S/C9H20O2.C7H6O2.C6H6O3S/c1-6(2)8(10)5-9(11)7(3)4;8-7(9)6-4-2-1-3-5-6;7-10(8,9)6-4-2-1-3-5-6/h6-11H,5H2,1-4H3;1-5H,(H,8,9);1-5H,(H,7,8,9). The molecule has 0 saturated carbocycles. The SMILES string of the molecule is CC(C)C(O)CC(O)C(C)C.O=C(O)c1ccccc1.O=S(=O)(O)c1ccccc1. The van der Waals surface area contributed by atoms with Gasteiger partial charge < -0.3 is 15.3 Å². The average Bonchev–Trinajstić information content (AvgIpc) is 2.69. The number of carboxylic acid groups (broad SMARTS) is 1. The number of aromatic carboxylic acids is 1. The van der Waals surface area contributed by atoms with E-state index in [4.69, 9.17) is 9.66 Å². The Hall–Kier alpha value is -2.26. The molecule has 2 aromatic rings. The van der Waals surface area contributed by atoms with Gasteiger partial charge in [0.15, 0.2) is 0 Å². The van der Waals surface area contributed by atoms with Crippen molar-refractivity contribution in [2.75, 3.05) is 0 Å². The Balaban J connectivity index is 0.000000422. The molecular weight excluding hydrogens is 408 g/mol. The summed E-state index contributed by atoms with van der Waals surface area (Å²) in [6, 6.07) is 15.7. The molecule has 8 heteroatoms. The van der Waals surface area contributed by atoms with Crippen molar-refractivity contribution in [3.8, 4) is 0 Å². The highest BCUT2D eigenvalue weighted by molar-refractivity contribution is 7.85. The smallest absolute Gasteiger partial charge is 0.335 e. The van der Waals surface area contributed by atoms with Crippen LogP contribution in [0.25, 0.3) is 0 Å². The third-order valence-electron chi connectivity index (χ3n) is 4.08. The lowest BCUT2D eigenvalue weighted by Gasteiger charge is -2.20. The number of benzene rings is 2. The maximum absolute atomic E-state index is 10.4. The molecule has 0 aliphatic carbocycles. The monoisotopic (exact) mass is 440 g/mol. The van der Waals surface area contributed by atoms with E-state index in [2.05, 4.69) is 0 Å². The maximum Gasteiger partial charge on any atom is 0.335 e. The molecule has 7 nitrogen and oxygen atoms in total. The summed E-state index contributed by atoms with van der Waals surface area (Å²) in [5, 5.41) is 27.2. The molecular formula is C22H32O7S. The summed E-state index contributed by atoms with van der Waals surface area (Å²) in [6.07, 6.45) is -0.241. The first-order valence-electron chi connectivity index (χ1n) is 9.53. The zero-order valence-corrected chi connectivity index (χ0v) is 18.5. The predicted octanol–water partition coefficient (Wildman–Crippen LogP) is 3.73. The summed E-state index contributed by atoms with van der Waals surface area (Å²) in [6.45, 7) is 7.82. The van der Waals surface area contributed by atoms with E-state index in [9.17, 15) is 23.4 Å². The molecule has 2 unspecified atom stereocenters. The van der Waals surface area contributed by atoms with Crippen molar-refractivity contribution in [3.05, 3.63) is 66.2 Å². The topological polar surface area (TPSA) is 132 Å². The second kappa shape index (κ2) is 13.9. The van der Waals surface area contributed by atoms with Gasteiger partial charge in [0.1, 0.15) is 0 Å². The van der Waals surface area contributed by atoms with E-state index in [0.717, 1.165) is 0 Å². The lowest BCUT2D eigenvalue weighted by atomic mass is 9.95. The van der Waals surface area contributed by atoms with Crippen LogP contribution in [0.2, 0.25) is 0 Å². The minimum Gasteiger partial charge on any atom is -0.478 e. The fourth-order valence-corrected chi connectivity index (χ4v) is 2.47. The van der Waals surface area contributed by atoms with Crippen LogP contribution in [-0.4, -0.2) is 46.5 Å². The Morgan fingerprint density at radius 1 is 0.800 bits per heavy atom. The van der Waals surface area contributed by atoms with E-state index in [1.165, 1.54) is 12.1 Å². The molecule has 0 saturated heterocycles. The minimum atomic E-state index is -4.00. The normalized spacial score (nSPS) is 12.8. The molecule has 0 aliphatic heterocycles. The summed E-state index contributed by atoms with van der Waals surface area (Å²) in [7, 11) is -4.00. The van der Waals surface area contributed by atoms with Gasteiger partial charge in [-0.2, -0.15) is 8.42 Å². The van der Waals surface area contributed by atoms with Gasteiger partial charge in [-0.3, -0.25) is 4.55 Å². The van der Waals surface area contributed by atoms with Gasteiger partial charge in [0, 0.05) is 0 Å². The van der Waals surface area contributed by atoms with E-state index in [-0.39, 0.29) is 28.9 Å². The Bertz CT molecular complexity index is 807. The van der Waals surface area contributed by atoms with Crippen LogP contribution in [-0.2, 0) is 10.1 Å². The Morgan fingerprint density at radius 2 is 1.17 bits per heavy atom. The molecule has 0 aromatic heterocycles. The summed E-state index contributed by atoms with van der Waals surface area (Å²) in [5.41, 5.74) is 0.331. The fraction of sp³-hybridized carbons (Fsp3) is 0.409. The number of rotatable bonds is 6. The van der Waals surface area contributed by atoms with Crippen molar-refractivity contribution in [1.82, 2.24) is 0 Å². The number of carbonyl (C=O) groups is 1. The Morgan fingerprint density at radius 3 is 1.40 bits per heavy atom. The lowest BCUT2D eigenvalue weighted by molar-refractivity contribution is 0.0326. The minimum absolute atomic E-state index is 0.0741. The summed E-state index contributed by atoms with van der Waals surface area (Å²) in [4.78, 5) is 10.1. The molecule has 168 valence electrons. The summed E-state index contributed by atoms with van der Waals surface area (Å²) in [5.74, 6) is -0.401. The molecule has 0 spiro atoms. The van der Waals surface area contributed by atoms with Crippen LogP contribution in [0.15, 0.2) is 65.6 Å². The van der Waals surface area contributed by atoms with Crippen molar-refractivity contribution < 1.29 is 33.1 Å². The zero-order chi connectivity index (χ0) is 23.3. The van der Waals surface area contributed by atoms with Gasteiger partial charge in [-0.15, -0.1) is 0 Å².